The molecule has 0 radical (unpaired) electrons. The van der Waals surface area contributed by atoms with Crippen LogP contribution in [0.5, 0.6) is 0 Å². The molecule has 1 heterocycles. The molecular formula is C16H23N3. The average Bonchev–Trinajstić information content (AvgIpc) is 2.42. The van der Waals surface area contributed by atoms with E-state index in [1.807, 2.05) is 12.3 Å². The Morgan fingerprint density at radius 2 is 1.95 bits per heavy atom. The van der Waals surface area contributed by atoms with Gasteiger partial charge in [-0.25, -0.2) is 0 Å². The molecule has 0 amide bonds. The maximum Gasteiger partial charge on any atom is 0.0702 e. The zero-order valence-corrected chi connectivity index (χ0v) is 12.0. The lowest BCUT2D eigenvalue weighted by molar-refractivity contribution is 0.474. The molecule has 0 spiro atoms. The van der Waals surface area contributed by atoms with E-state index in [0.717, 1.165) is 18.6 Å². The van der Waals surface area contributed by atoms with Gasteiger partial charge >= 0.3 is 0 Å². The topological polar surface area (TPSA) is 37.0 Å². The van der Waals surface area contributed by atoms with Crippen LogP contribution in [0.25, 0.3) is 10.9 Å². The number of nitrogens with zero attached hydrogens (tertiary/aromatic N) is 1. The quantitative estimate of drug-likeness (QED) is 0.835. The maximum absolute atomic E-state index is 4.34. The molecule has 0 bridgehead atoms. The largest absolute Gasteiger partial charge is 0.313 e. The second-order valence-electron chi connectivity index (χ2n) is 5.38. The van der Waals surface area contributed by atoms with E-state index in [9.17, 15) is 0 Å². The van der Waals surface area contributed by atoms with E-state index in [1.165, 1.54) is 10.9 Å². The predicted molar refractivity (Wildman–Crippen MR) is 81.2 cm³/mol. The first kappa shape index (κ1) is 14.0. The Hall–Kier alpha value is -1.45. The highest BCUT2D eigenvalue weighted by molar-refractivity contribution is 5.78. The minimum absolute atomic E-state index is 0.465. The number of fused-ring (bicyclic) bond motifs is 1. The third-order valence-electron chi connectivity index (χ3n) is 3.15. The van der Waals surface area contributed by atoms with Gasteiger partial charge in [-0.3, -0.25) is 4.98 Å². The fourth-order valence-electron chi connectivity index (χ4n) is 2.01. The van der Waals surface area contributed by atoms with Crippen molar-refractivity contribution >= 4 is 10.9 Å². The van der Waals surface area contributed by atoms with Crippen LogP contribution in [-0.2, 0) is 6.54 Å². The van der Waals surface area contributed by atoms with Crippen LogP contribution < -0.4 is 10.6 Å². The van der Waals surface area contributed by atoms with Crippen molar-refractivity contribution in [3.63, 3.8) is 0 Å². The minimum Gasteiger partial charge on any atom is -0.313 e. The van der Waals surface area contributed by atoms with Gasteiger partial charge in [-0.05, 0) is 30.7 Å². The van der Waals surface area contributed by atoms with Gasteiger partial charge in [0.2, 0.25) is 0 Å². The van der Waals surface area contributed by atoms with Gasteiger partial charge in [0, 0.05) is 36.8 Å². The second kappa shape index (κ2) is 6.64. The summed E-state index contributed by atoms with van der Waals surface area (Å²) in [6.07, 6.45) is 1.83. The van der Waals surface area contributed by atoms with Gasteiger partial charge in [-0.2, -0.15) is 0 Å². The third-order valence-corrected chi connectivity index (χ3v) is 3.15. The number of hydrogen-bond donors (Lipinski definition) is 2. The Balaban J connectivity index is 1.90. The van der Waals surface area contributed by atoms with Gasteiger partial charge < -0.3 is 10.6 Å². The summed E-state index contributed by atoms with van der Waals surface area (Å²) in [5.41, 5.74) is 2.36. The summed E-state index contributed by atoms with van der Waals surface area (Å²) in [5.74, 6) is 0. The molecule has 2 rings (SSSR count). The van der Waals surface area contributed by atoms with Gasteiger partial charge in [-0.15, -0.1) is 0 Å². The van der Waals surface area contributed by atoms with Crippen LogP contribution >= 0.6 is 0 Å². The minimum atomic E-state index is 0.465. The predicted octanol–water partition coefficient (Wildman–Crippen LogP) is 2.71. The Morgan fingerprint density at radius 1 is 1.11 bits per heavy atom. The molecule has 1 atom stereocenters. The van der Waals surface area contributed by atoms with Gasteiger partial charge in [0.05, 0.1) is 5.52 Å². The van der Waals surface area contributed by atoms with E-state index < -0.39 is 0 Å². The number of benzene rings is 1. The molecule has 0 aliphatic heterocycles. The molecule has 0 aliphatic rings. The first-order valence-electron chi connectivity index (χ1n) is 6.95. The van der Waals surface area contributed by atoms with Crippen molar-refractivity contribution in [1.29, 1.82) is 0 Å². The monoisotopic (exact) mass is 257 g/mol. The SMILES string of the molecule is CC(C)NCC(C)NCc1ccc2ncccc2c1. The molecule has 1 aromatic heterocycles. The smallest absolute Gasteiger partial charge is 0.0702 e. The van der Waals surface area contributed by atoms with Gasteiger partial charge in [-0.1, -0.05) is 26.0 Å². The molecular weight excluding hydrogens is 234 g/mol. The highest BCUT2D eigenvalue weighted by atomic mass is 15.0. The fraction of sp³-hybridized carbons (Fsp3) is 0.438. The Kier molecular flexibility index (Phi) is 4.88. The van der Waals surface area contributed by atoms with E-state index in [1.54, 1.807) is 0 Å². The van der Waals surface area contributed by atoms with Crippen LogP contribution in [0.1, 0.15) is 26.3 Å². The normalized spacial score (nSPS) is 13.1. The van der Waals surface area contributed by atoms with E-state index in [-0.39, 0.29) is 0 Å². The molecule has 0 saturated heterocycles. The summed E-state index contributed by atoms with van der Waals surface area (Å²) < 4.78 is 0. The fourth-order valence-corrected chi connectivity index (χ4v) is 2.01. The lowest BCUT2D eigenvalue weighted by atomic mass is 10.1. The van der Waals surface area contributed by atoms with Crippen molar-refractivity contribution in [1.82, 2.24) is 15.6 Å². The molecule has 19 heavy (non-hydrogen) atoms. The summed E-state index contributed by atoms with van der Waals surface area (Å²) in [7, 11) is 0. The highest BCUT2D eigenvalue weighted by Crippen LogP contribution is 2.13. The number of rotatable bonds is 6. The molecule has 3 heteroatoms. The molecule has 1 aromatic carbocycles. The molecule has 0 aliphatic carbocycles. The van der Waals surface area contributed by atoms with E-state index in [4.69, 9.17) is 0 Å². The van der Waals surface area contributed by atoms with Crippen molar-refractivity contribution < 1.29 is 0 Å². The van der Waals surface area contributed by atoms with Crippen LogP contribution in [0, 0.1) is 0 Å². The molecule has 0 saturated carbocycles. The Bertz CT molecular complexity index is 522. The number of pyridine rings is 1. The lowest BCUT2D eigenvalue weighted by Gasteiger charge is -2.16. The van der Waals surface area contributed by atoms with Crippen molar-refractivity contribution in [3.05, 3.63) is 42.1 Å². The summed E-state index contributed by atoms with van der Waals surface area (Å²) >= 11 is 0. The molecule has 0 fully saturated rings. The molecule has 1 unspecified atom stereocenters. The Labute approximate surface area is 115 Å². The molecule has 2 aromatic rings. The lowest BCUT2D eigenvalue weighted by Crippen LogP contribution is -2.38. The summed E-state index contributed by atoms with van der Waals surface area (Å²) in [6, 6.07) is 11.5. The molecule has 2 N–H and O–H groups in total. The third kappa shape index (κ3) is 4.30. The Morgan fingerprint density at radius 3 is 2.74 bits per heavy atom. The number of nitrogens with one attached hydrogen (secondary N) is 2. The van der Waals surface area contributed by atoms with E-state index in [2.05, 4.69) is 60.7 Å². The molecule has 3 nitrogen and oxygen atoms in total. The highest BCUT2D eigenvalue weighted by Gasteiger charge is 2.03. The van der Waals surface area contributed by atoms with Crippen molar-refractivity contribution in [2.45, 2.75) is 39.4 Å². The van der Waals surface area contributed by atoms with Crippen LogP contribution in [0.4, 0.5) is 0 Å². The van der Waals surface area contributed by atoms with Crippen LogP contribution in [-0.4, -0.2) is 23.6 Å². The molecule has 102 valence electrons. The van der Waals surface area contributed by atoms with Gasteiger partial charge in [0.15, 0.2) is 0 Å². The summed E-state index contributed by atoms with van der Waals surface area (Å²) in [6.45, 7) is 8.43. The second-order valence-corrected chi connectivity index (χ2v) is 5.38. The van der Waals surface area contributed by atoms with Crippen molar-refractivity contribution in [3.8, 4) is 0 Å². The standard InChI is InChI=1S/C16H23N3/c1-12(2)18-10-13(3)19-11-14-6-7-16-15(9-14)5-4-8-17-16/h4-9,12-13,18-19H,10-11H2,1-3H3. The first-order chi connectivity index (χ1) is 9.15. The van der Waals surface area contributed by atoms with E-state index in [0.29, 0.717) is 12.1 Å². The average molecular weight is 257 g/mol. The van der Waals surface area contributed by atoms with Crippen molar-refractivity contribution in [2.24, 2.45) is 0 Å². The maximum atomic E-state index is 4.34. The summed E-state index contributed by atoms with van der Waals surface area (Å²) in [4.78, 5) is 4.34. The van der Waals surface area contributed by atoms with Gasteiger partial charge in [0.1, 0.15) is 0 Å². The number of aromatic nitrogens is 1. The van der Waals surface area contributed by atoms with Crippen LogP contribution in [0.15, 0.2) is 36.5 Å². The summed E-state index contributed by atoms with van der Waals surface area (Å²) in [5, 5.41) is 8.18. The van der Waals surface area contributed by atoms with Crippen LogP contribution in [0.3, 0.4) is 0 Å². The van der Waals surface area contributed by atoms with E-state index >= 15 is 0 Å². The van der Waals surface area contributed by atoms with Crippen LogP contribution in [0.2, 0.25) is 0 Å². The van der Waals surface area contributed by atoms with Gasteiger partial charge in [0.25, 0.3) is 0 Å². The zero-order chi connectivity index (χ0) is 13.7. The number of hydrogen-bond acceptors (Lipinski definition) is 3. The zero-order valence-electron chi connectivity index (χ0n) is 12.0. The first-order valence-corrected chi connectivity index (χ1v) is 6.95. The van der Waals surface area contributed by atoms with Crippen molar-refractivity contribution in [2.75, 3.05) is 6.54 Å².